The number of thioether (sulfide) groups is 1. The molecule has 20 heavy (non-hydrogen) atoms. The Kier molecular flexibility index (Phi) is 4.08. The van der Waals surface area contributed by atoms with Gasteiger partial charge in [0.25, 0.3) is 0 Å². The summed E-state index contributed by atoms with van der Waals surface area (Å²) in [6, 6.07) is 12.1. The van der Waals surface area contributed by atoms with Gasteiger partial charge in [0.05, 0.1) is 0 Å². The van der Waals surface area contributed by atoms with Gasteiger partial charge in [0.2, 0.25) is 0 Å². The molecule has 0 saturated carbocycles. The SMILES string of the molecule is NCc1cccc(CSc2ccc3c(c2)CCC3)c1F. The van der Waals surface area contributed by atoms with Gasteiger partial charge in [-0.2, -0.15) is 0 Å². The number of hydrogen-bond acceptors (Lipinski definition) is 2. The summed E-state index contributed by atoms with van der Waals surface area (Å²) in [4.78, 5) is 1.23. The van der Waals surface area contributed by atoms with Gasteiger partial charge in [-0.15, -0.1) is 11.8 Å². The van der Waals surface area contributed by atoms with E-state index in [1.54, 1.807) is 17.8 Å². The van der Waals surface area contributed by atoms with Crippen LogP contribution < -0.4 is 5.73 Å². The van der Waals surface area contributed by atoms with Crippen molar-refractivity contribution in [2.45, 2.75) is 36.5 Å². The zero-order chi connectivity index (χ0) is 13.9. The lowest BCUT2D eigenvalue weighted by atomic mass is 10.1. The number of rotatable bonds is 4. The van der Waals surface area contributed by atoms with Crippen LogP contribution in [0.3, 0.4) is 0 Å². The largest absolute Gasteiger partial charge is 0.326 e. The summed E-state index contributed by atoms with van der Waals surface area (Å²) >= 11 is 1.69. The first-order valence-electron chi connectivity index (χ1n) is 6.99. The highest BCUT2D eigenvalue weighted by molar-refractivity contribution is 7.98. The number of nitrogens with two attached hydrogens (primary N) is 1. The fourth-order valence-electron chi connectivity index (χ4n) is 2.70. The van der Waals surface area contributed by atoms with Crippen molar-refractivity contribution < 1.29 is 4.39 Å². The van der Waals surface area contributed by atoms with Crippen LogP contribution in [0.1, 0.15) is 28.7 Å². The fourth-order valence-corrected chi connectivity index (χ4v) is 3.64. The molecule has 1 nitrogen and oxygen atoms in total. The van der Waals surface area contributed by atoms with Crippen LogP contribution in [0.25, 0.3) is 0 Å². The van der Waals surface area contributed by atoms with Gasteiger partial charge in [0.1, 0.15) is 5.82 Å². The van der Waals surface area contributed by atoms with E-state index in [0.29, 0.717) is 11.3 Å². The molecule has 104 valence electrons. The molecular weight excluding hydrogens is 269 g/mol. The second-order valence-electron chi connectivity index (χ2n) is 5.17. The Morgan fingerprint density at radius 1 is 1.05 bits per heavy atom. The van der Waals surface area contributed by atoms with Gasteiger partial charge in [-0.05, 0) is 48.1 Å². The molecule has 3 rings (SSSR count). The minimum Gasteiger partial charge on any atom is -0.326 e. The van der Waals surface area contributed by atoms with E-state index in [1.807, 2.05) is 12.1 Å². The molecule has 0 saturated heterocycles. The lowest BCUT2D eigenvalue weighted by molar-refractivity contribution is 0.600. The van der Waals surface area contributed by atoms with Crippen molar-refractivity contribution in [1.82, 2.24) is 0 Å². The molecule has 0 aromatic heterocycles. The summed E-state index contributed by atoms with van der Waals surface area (Å²) in [5, 5.41) is 0. The average Bonchev–Trinajstić information content (AvgIpc) is 2.93. The number of hydrogen-bond donors (Lipinski definition) is 1. The summed E-state index contributed by atoms with van der Waals surface area (Å²) in [5.74, 6) is 0.502. The van der Waals surface area contributed by atoms with E-state index >= 15 is 0 Å². The van der Waals surface area contributed by atoms with Gasteiger partial charge >= 0.3 is 0 Å². The van der Waals surface area contributed by atoms with Crippen LogP contribution in [0, 0.1) is 5.82 Å². The van der Waals surface area contributed by atoms with Crippen LogP contribution >= 0.6 is 11.8 Å². The average molecular weight is 287 g/mol. The molecule has 2 aromatic carbocycles. The highest BCUT2D eigenvalue weighted by atomic mass is 32.2. The third-order valence-electron chi connectivity index (χ3n) is 3.84. The number of benzene rings is 2. The second-order valence-corrected chi connectivity index (χ2v) is 6.22. The standard InChI is InChI=1S/C17H18FNS/c18-17-14(10-19)5-2-6-15(17)11-20-16-8-7-12-3-1-4-13(12)9-16/h2,5-9H,1,3-4,10-11,19H2. The van der Waals surface area contributed by atoms with Crippen molar-refractivity contribution in [3.8, 4) is 0 Å². The van der Waals surface area contributed by atoms with Crippen molar-refractivity contribution >= 4 is 11.8 Å². The molecule has 1 aliphatic rings. The molecule has 2 aromatic rings. The van der Waals surface area contributed by atoms with E-state index < -0.39 is 0 Å². The Balaban J connectivity index is 1.73. The van der Waals surface area contributed by atoms with E-state index in [1.165, 1.54) is 35.3 Å². The number of halogens is 1. The van der Waals surface area contributed by atoms with Crippen LogP contribution in [-0.2, 0) is 25.1 Å². The molecule has 0 fully saturated rings. The first kappa shape index (κ1) is 13.7. The maximum Gasteiger partial charge on any atom is 0.131 e. The van der Waals surface area contributed by atoms with E-state index in [2.05, 4.69) is 18.2 Å². The smallest absolute Gasteiger partial charge is 0.131 e. The summed E-state index contributed by atoms with van der Waals surface area (Å²) in [6.07, 6.45) is 3.64. The van der Waals surface area contributed by atoms with Gasteiger partial charge in [0, 0.05) is 22.8 Å². The zero-order valence-corrected chi connectivity index (χ0v) is 12.2. The molecule has 0 bridgehead atoms. The normalized spacial score (nSPS) is 13.5. The number of aryl methyl sites for hydroxylation is 2. The molecular formula is C17H18FNS. The molecule has 1 aliphatic carbocycles. The monoisotopic (exact) mass is 287 g/mol. The Morgan fingerprint density at radius 3 is 2.70 bits per heavy atom. The first-order chi connectivity index (χ1) is 9.78. The van der Waals surface area contributed by atoms with Gasteiger partial charge in [0.15, 0.2) is 0 Å². The maximum absolute atomic E-state index is 14.1. The lowest BCUT2D eigenvalue weighted by Crippen LogP contribution is -2.02. The summed E-state index contributed by atoms with van der Waals surface area (Å²) in [6.45, 7) is 0.253. The van der Waals surface area contributed by atoms with Crippen LogP contribution in [0.15, 0.2) is 41.3 Å². The second kappa shape index (κ2) is 5.98. The Morgan fingerprint density at radius 2 is 1.85 bits per heavy atom. The van der Waals surface area contributed by atoms with Crippen LogP contribution in [0.4, 0.5) is 4.39 Å². The van der Waals surface area contributed by atoms with E-state index in [-0.39, 0.29) is 12.4 Å². The molecule has 0 radical (unpaired) electrons. The molecule has 3 heteroatoms. The van der Waals surface area contributed by atoms with Crippen molar-refractivity contribution in [3.05, 3.63) is 64.5 Å². The molecule has 0 aliphatic heterocycles. The van der Waals surface area contributed by atoms with E-state index in [4.69, 9.17) is 5.73 Å². The summed E-state index contributed by atoms with van der Waals surface area (Å²) in [7, 11) is 0. The minimum atomic E-state index is -0.149. The molecule has 0 spiro atoms. The van der Waals surface area contributed by atoms with Crippen molar-refractivity contribution in [2.24, 2.45) is 5.73 Å². The lowest BCUT2D eigenvalue weighted by Gasteiger charge is -2.08. The quantitative estimate of drug-likeness (QED) is 0.858. The maximum atomic E-state index is 14.1. The number of fused-ring (bicyclic) bond motifs is 1. The Hall–Kier alpha value is -1.32. The highest BCUT2D eigenvalue weighted by Crippen LogP contribution is 2.30. The predicted molar refractivity (Wildman–Crippen MR) is 82.3 cm³/mol. The zero-order valence-electron chi connectivity index (χ0n) is 11.4. The van der Waals surface area contributed by atoms with Crippen LogP contribution in [-0.4, -0.2) is 0 Å². The molecule has 0 heterocycles. The highest BCUT2D eigenvalue weighted by Gasteiger charge is 2.12. The van der Waals surface area contributed by atoms with Gasteiger partial charge in [-0.1, -0.05) is 24.3 Å². The molecule has 0 unspecified atom stereocenters. The third-order valence-corrected chi connectivity index (χ3v) is 4.89. The Labute approximate surface area is 123 Å². The van der Waals surface area contributed by atoms with Crippen LogP contribution in [0.5, 0.6) is 0 Å². The molecule has 2 N–H and O–H groups in total. The third kappa shape index (κ3) is 2.74. The van der Waals surface area contributed by atoms with Gasteiger partial charge in [-0.25, -0.2) is 4.39 Å². The van der Waals surface area contributed by atoms with Crippen molar-refractivity contribution in [3.63, 3.8) is 0 Å². The van der Waals surface area contributed by atoms with Crippen molar-refractivity contribution in [1.29, 1.82) is 0 Å². The topological polar surface area (TPSA) is 26.0 Å². The predicted octanol–water partition coefficient (Wildman–Crippen LogP) is 4.07. The fraction of sp³-hybridized carbons (Fsp3) is 0.294. The van der Waals surface area contributed by atoms with Gasteiger partial charge < -0.3 is 5.73 Å². The first-order valence-corrected chi connectivity index (χ1v) is 7.97. The summed E-state index contributed by atoms with van der Waals surface area (Å²) < 4.78 is 14.1. The van der Waals surface area contributed by atoms with E-state index in [9.17, 15) is 4.39 Å². The van der Waals surface area contributed by atoms with Crippen molar-refractivity contribution in [2.75, 3.05) is 0 Å². The summed E-state index contributed by atoms with van der Waals surface area (Å²) in [5.41, 5.74) is 9.81. The minimum absolute atomic E-state index is 0.149. The van der Waals surface area contributed by atoms with E-state index in [0.717, 1.165) is 5.56 Å². The van der Waals surface area contributed by atoms with Gasteiger partial charge in [-0.3, -0.25) is 0 Å². The molecule has 0 amide bonds. The Bertz CT molecular complexity index is 624. The van der Waals surface area contributed by atoms with Crippen LogP contribution in [0.2, 0.25) is 0 Å². The molecule has 0 atom stereocenters.